The van der Waals surface area contributed by atoms with Crippen LogP contribution in [-0.2, 0) is 0 Å². The van der Waals surface area contributed by atoms with Gasteiger partial charge in [0.25, 0.3) is 0 Å². The van der Waals surface area contributed by atoms with E-state index in [1.807, 2.05) is 0 Å². The summed E-state index contributed by atoms with van der Waals surface area (Å²) >= 11 is 15.9. The molecule has 0 amide bonds. The van der Waals surface area contributed by atoms with Crippen molar-refractivity contribution in [2.45, 2.75) is 29.7 Å². The van der Waals surface area contributed by atoms with Crippen LogP contribution in [0.15, 0.2) is 0 Å². The van der Waals surface area contributed by atoms with E-state index in [1.54, 1.807) is 6.92 Å². The number of halogens is 4. The molecule has 0 saturated carbocycles. The molecular formula is C5H8Cl3F. The topological polar surface area (TPSA) is 0 Å². The molecule has 0 aromatic carbocycles. The van der Waals surface area contributed by atoms with Gasteiger partial charge in [-0.25, -0.2) is 4.39 Å². The molecule has 0 aliphatic carbocycles. The zero-order valence-corrected chi connectivity index (χ0v) is 7.27. The molecule has 1 atom stereocenters. The third-order valence-corrected chi connectivity index (χ3v) is 1.36. The molecule has 0 aromatic rings. The van der Waals surface area contributed by atoms with Crippen LogP contribution >= 0.6 is 34.8 Å². The Kier molecular flexibility index (Phi) is 4.19. The summed E-state index contributed by atoms with van der Waals surface area (Å²) in [6, 6.07) is 0. The Bertz CT molecular complexity index is 78.8. The SMILES string of the molecule is CCC(F)CC(Cl)(Cl)Cl. The van der Waals surface area contributed by atoms with Crippen LogP contribution in [0.3, 0.4) is 0 Å². The summed E-state index contributed by atoms with van der Waals surface area (Å²) in [5, 5.41) is 0. The van der Waals surface area contributed by atoms with Gasteiger partial charge >= 0.3 is 0 Å². The van der Waals surface area contributed by atoms with Crippen LogP contribution in [0.4, 0.5) is 4.39 Å². The number of rotatable bonds is 2. The summed E-state index contributed by atoms with van der Waals surface area (Å²) in [4.78, 5) is 0. The van der Waals surface area contributed by atoms with Crippen LogP contribution < -0.4 is 0 Å². The molecule has 9 heavy (non-hydrogen) atoms. The van der Waals surface area contributed by atoms with Crippen LogP contribution in [0, 0.1) is 0 Å². The van der Waals surface area contributed by atoms with Crippen LogP contribution in [0.25, 0.3) is 0 Å². The maximum absolute atomic E-state index is 12.4. The molecule has 1 unspecified atom stereocenters. The number of alkyl halides is 4. The standard InChI is InChI=1S/C5H8Cl3F/c1-2-4(9)3-5(6,7)8/h4H,2-3H2,1H3. The van der Waals surface area contributed by atoms with Crippen molar-refractivity contribution in [2.75, 3.05) is 0 Å². The highest BCUT2D eigenvalue weighted by Gasteiger charge is 2.23. The molecule has 0 aliphatic rings. The smallest absolute Gasteiger partial charge is 0.193 e. The van der Waals surface area contributed by atoms with E-state index in [9.17, 15) is 4.39 Å². The summed E-state index contributed by atoms with van der Waals surface area (Å²) in [7, 11) is 0. The fourth-order valence-corrected chi connectivity index (χ4v) is 0.898. The fraction of sp³-hybridized carbons (Fsp3) is 1.00. The quantitative estimate of drug-likeness (QED) is 0.589. The molecule has 0 aliphatic heterocycles. The highest BCUT2D eigenvalue weighted by Crippen LogP contribution is 2.32. The lowest BCUT2D eigenvalue weighted by Crippen LogP contribution is -2.11. The van der Waals surface area contributed by atoms with Crippen LogP contribution in [-0.4, -0.2) is 9.96 Å². The van der Waals surface area contributed by atoms with E-state index < -0.39 is 9.96 Å². The number of hydrogen-bond donors (Lipinski definition) is 0. The van der Waals surface area contributed by atoms with E-state index in [2.05, 4.69) is 0 Å². The summed E-state index contributed by atoms with van der Waals surface area (Å²) < 4.78 is 10.9. The van der Waals surface area contributed by atoms with Crippen LogP contribution in [0.1, 0.15) is 19.8 Å². The Morgan fingerprint density at radius 1 is 1.44 bits per heavy atom. The van der Waals surface area contributed by atoms with E-state index in [4.69, 9.17) is 34.8 Å². The molecule has 0 aromatic heterocycles. The molecule has 0 bridgehead atoms. The minimum absolute atomic E-state index is 0.0197. The van der Waals surface area contributed by atoms with Gasteiger partial charge in [0.05, 0.1) is 0 Å². The zero-order chi connectivity index (χ0) is 7.49. The first-order valence-corrected chi connectivity index (χ1v) is 3.80. The monoisotopic (exact) mass is 192 g/mol. The second-order valence-electron chi connectivity index (χ2n) is 1.82. The molecule has 0 heterocycles. The minimum atomic E-state index is -1.44. The zero-order valence-electron chi connectivity index (χ0n) is 5.00. The summed E-state index contributed by atoms with van der Waals surface area (Å²) in [6.07, 6.45) is -0.625. The first-order chi connectivity index (χ1) is 3.95. The average Bonchev–Trinajstić information content (AvgIpc) is 1.62. The average molecular weight is 193 g/mol. The normalized spacial score (nSPS) is 15.7. The largest absolute Gasteiger partial charge is 0.247 e. The molecular weight excluding hydrogens is 185 g/mol. The Morgan fingerprint density at radius 3 is 2.00 bits per heavy atom. The lowest BCUT2D eigenvalue weighted by Gasteiger charge is -2.11. The molecule has 0 nitrogen and oxygen atoms in total. The summed E-state index contributed by atoms with van der Waals surface area (Å²) in [5.41, 5.74) is 0. The van der Waals surface area contributed by atoms with Crippen molar-refractivity contribution in [3.05, 3.63) is 0 Å². The van der Waals surface area contributed by atoms with E-state index in [0.717, 1.165) is 0 Å². The Balaban J connectivity index is 3.47. The van der Waals surface area contributed by atoms with Gasteiger partial charge in [0, 0.05) is 6.42 Å². The lowest BCUT2D eigenvalue weighted by atomic mass is 10.2. The molecule has 56 valence electrons. The first-order valence-electron chi connectivity index (χ1n) is 2.66. The molecule has 0 N–H and O–H groups in total. The Hall–Kier alpha value is 0.800. The molecule has 0 rings (SSSR count). The third-order valence-electron chi connectivity index (χ3n) is 0.896. The molecule has 0 radical (unpaired) electrons. The molecule has 0 spiro atoms. The lowest BCUT2D eigenvalue weighted by molar-refractivity contribution is 0.308. The van der Waals surface area contributed by atoms with Gasteiger partial charge in [0.2, 0.25) is 0 Å². The number of hydrogen-bond acceptors (Lipinski definition) is 0. The van der Waals surface area contributed by atoms with E-state index in [1.165, 1.54) is 0 Å². The minimum Gasteiger partial charge on any atom is -0.247 e. The second-order valence-corrected chi connectivity index (χ2v) is 4.34. The van der Waals surface area contributed by atoms with Crippen molar-refractivity contribution >= 4 is 34.8 Å². The maximum atomic E-state index is 12.4. The maximum Gasteiger partial charge on any atom is 0.193 e. The van der Waals surface area contributed by atoms with E-state index in [0.29, 0.717) is 6.42 Å². The van der Waals surface area contributed by atoms with Gasteiger partial charge in [-0.05, 0) is 6.42 Å². The van der Waals surface area contributed by atoms with Crippen molar-refractivity contribution < 1.29 is 4.39 Å². The predicted octanol–water partition coefficient (Wildman–Crippen LogP) is 3.49. The van der Waals surface area contributed by atoms with Gasteiger partial charge in [0.15, 0.2) is 3.79 Å². The van der Waals surface area contributed by atoms with Gasteiger partial charge in [-0.15, -0.1) is 0 Å². The van der Waals surface area contributed by atoms with Crippen molar-refractivity contribution in [1.29, 1.82) is 0 Å². The third kappa shape index (κ3) is 6.69. The van der Waals surface area contributed by atoms with Crippen LogP contribution in [0.5, 0.6) is 0 Å². The highest BCUT2D eigenvalue weighted by atomic mass is 35.6. The van der Waals surface area contributed by atoms with Crippen molar-refractivity contribution in [3.8, 4) is 0 Å². The van der Waals surface area contributed by atoms with Gasteiger partial charge in [-0.2, -0.15) is 0 Å². The van der Waals surface area contributed by atoms with Crippen molar-refractivity contribution in [3.63, 3.8) is 0 Å². The van der Waals surface area contributed by atoms with Gasteiger partial charge < -0.3 is 0 Å². The molecule has 0 fully saturated rings. The summed E-state index contributed by atoms with van der Waals surface area (Å²) in [5.74, 6) is 0. The van der Waals surface area contributed by atoms with E-state index in [-0.39, 0.29) is 6.42 Å². The van der Waals surface area contributed by atoms with E-state index >= 15 is 0 Å². The molecule has 4 heteroatoms. The van der Waals surface area contributed by atoms with Gasteiger partial charge in [-0.3, -0.25) is 0 Å². The van der Waals surface area contributed by atoms with Crippen LogP contribution in [0.2, 0.25) is 0 Å². The highest BCUT2D eigenvalue weighted by molar-refractivity contribution is 6.67. The molecule has 0 saturated heterocycles. The second kappa shape index (κ2) is 3.85. The van der Waals surface area contributed by atoms with Crippen molar-refractivity contribution in [1.82, 2.24) is 0 Å². The first kappa shape index (κ1) is 9.80. The Labute approximate surface area is 69.3 Å². The van der Waals surface area contributed by atoms with Gasteiger partial charge in [-0.1, -0.05) is 41.7 Å². The fourth-order valence-electron chi connectivity index (χ4n) is 0.395. The van der Waals surface area contributed by atoms with Crippen molar-refractivity contribution in [2.24, 2.45) is 0 Å². The predicted molar refractivity (Wildman–Crippen MR) is 40.1 cm³/mol. The summed E-state index contributed by atoms with van der Waals surface area (Å²) in [6.45, 7) is 1.71. The Morgan fingerprint density at radius 2 is 1.89 bits per heavy atom. The van der Waals surface area contributed by atoms with Gasteiger partial charge in [0.1, 0.15) is 6.17 Å².